The second kappa shape index (κ2) is 7.39. The largest absolute Gasteiger partial charge is 0.337 e. The van der Waals surface area contributed by atoms with Crippen LogP contribution in [0.1, 0.15) is 43.6 Å². The molecule has 26 heavy (non-hydrogen) atoms. The fraction of sp³-hybridized carbons (Fsp3) is 0.619. The summed E-state index contributed by atoms with van der Waals surface area (Å²) in [6, 6.07) is 5.85. The first kappa shape index (κ1) is 17.5. The van der Waals surface area contributed by atoms with Gasteiger partial charge in [0, 0.05) is 32.0 Å². The van der Waals surface area contributed by atoms with Crippen LogP contribution in [0.4, 0.5) is 0 Å². The van der Waals surface area contributed by atoms with Crippen LogP contribution in [-0.2, 0) is 0 Å². The molecule has 2 aromatic heterocycles. The van der Waals surface area contributed by atoms with Gasteiger partial charge in [0.15, 0.2) is 0 Å². The van der Waals surface area contributed by atoms with E-state index in [1.807, 2.05) is 39.9 Å². The van der Waals surface area contributed by atoms with Crippen molar-refractivity contribution in [2.45, 2.75) is 33.1 Å². The molecule has 0 bridgehead atoms. The third-order valence-corrected chi connectivity index (χ3v) is 6.02. The molecule has 2 saturated heterocycles. The third-order valence-electron chi connectivity index (χ3n) is 6.02. The van der Waals surface area contributed by atoms with Crippen LogP contribution < -0.4 is 0 Å². The molecule has 0 saturated carbocycles. The zero-order valence-corrected chi connectivity index (χ0v) is 16.0. The van der Waals surface area contributed by atoms with Crippen LogP contribution in [0, 0.1) is 17.8 Å². The maximum absolute atomic E-state index is 12.9. The smallest absolute Gasteiger partial charge is 0.274 e. The van der Waals surface area contributed by atoms with Gasteiger partial charge in [0.05, 0.1) is 0 Å². The van der Waals surface area contributed by atoms with Crippen LogP contribution in [0.15, 0.2) is 30.6 Å². The Labute approximate surface area is 156 Å². The Morgan fingerprint density at radius 2 is 1.92 bits per heavy atom. The first-order valence-corrected chi connectivity index (χ1v) is 10.1. The van der Waals surface area contributed by atoms with Gasteiger partial charge in [-0.25, -0.2) is 4.98 Å². The van der Waals surface area contributed by atoms with E-state index in [9.17, 15) is 4.79 Å². The molecular weight excluding hydrogens is 324 g/mol. The molecule has 2 aliphatic heterocycles. The average Bonchev–Trinajstić information content (AvgIpc) is 3.28. The van der Waals surface area contributed by atoms with Gasteiger partial charge in [-0.05, 0) is 62.2 Å². The average molecular weight is 354 g/mol. The standard InChI is InChI=1S/C21H30N4O/c1-16(2)13-23-10-6-17(7-11-23)18-8-12-25(14-18)21(26)19-15-24-9-4-3-5-20(24)22-19/h3-5,9,15-18H,6-8,10-14H2,1-2H3/t18-/m1/s1. The normalized spacial score (nSPS) is 22.6. The number of imidazole rings is 1. The van der Waals surface area contributed by atoms with Crippen molar-refractivity contribution < 1.29 is 4.79 Å². The minimum absolute atomic E-state index is 0.0912. The molecule has 4 rings (SSSR count). The van der Waals surface area contributed by atoms with Crippen molar-refractivity contribution >= 4 is 11.6 Å². The number of rotatable bonds is 4. The quantitative estimate of drug-likeness (QED) is 0.847. The monoisotopic (exact) mass is 354 g/mol. The molecule has 0 N–H and O–H groups in total. The summed E-state index contributed by atoms with van der Waals surface area (Å²) in [4.78, 5) is 22.0. The van der Waals surface area contributed by atoms with E-state index in [-0.39, 0.29) is 5.91 Å². The molecule has 140 valence electrons. The van der Waals surface area contributed by atoms with Gasteiger partial charge >= 0.3 is 0 Å². The molecule has 2 fully saturated rings. The van der Waals surface area contributed by atoms with Crippen LogP contribution in [0.3, 0.4) is 0 Å². The van der Waals surface area contributed by atoms with Crippen LogP contribution >= 0.6 is 0 Å². The number of fused-ring (bicyclic) bond motifs is 1. The summed E-state index contributed by atoms with van der Waals surface area (Å²) in [6.07, 6.45) is 7.52. The molecule has 4 heterocycles. The van der Waals surface area contributed by atoms with Crippen molar-refractivity contribution in [2.75, 3.05) is 32.7 Å². The summed E-state index contributed by atoms with van der Waals surface area (Å²) >= 11 is 0. The van der Waals surface area contributed by atoms with Crippen molar-refractivity contribution in [3.63, 3.8) is 0 Å². The summed E-state index contributed by atoms with van der Waals surface area (Å²) in [6.45, 7) is 10.0. The zero-order valence-electron chi connectivity index (χ0n) is 16.0. The van der Waals surface area contributed by atoms with E-state index in [0.29, 0.717) is 11.6 Å². The zero-order chi connectivity index (χ0) is 18.1. The maximum Gasteiger partial charge on any atom is 0.274 e. The Balaban J connectivity index is 1.34. The lowest BCUT2D eigenvalue weighted by atomic mass is 9.83. The number of aromatic nitrogens is 2. The SMILES string of the molecule is CC(C)CN1CCC([C@@H]2CCN(C(=O)c3cn4ccccc4n3)C2)CC1. The van der Waals surface area contributed by atoms with Crippen molar-refractivity contribution in [1.29, 1.82) is 0 Å². The number of carbonyl (C=O) groups is 1. The van der Waals surface area contributed by atoms with Gasteiger partial charge in [-0.2, -0.15) is 0 Å². The van der Waals surface area contributed by atoms with Crippen molar-refractivity contribution in [3.8, 4) is 0 Å². The summed E-state index contributed by atoms with van der Waals surface area (Å²) in [5, 5.41) is 0. The van der Waals surface area contributed by atoms with Crippen LogP contribution in [0.5, 0.6) is 0 Å². The number of carbonyl (C=O) groups excluding carboxylic acids is 1. The summed E-state index contributed by atoms with van der Waals surface area (Å²) in [5.74, 6) is 2.28. The number of pyridine rings is 1. The van der Waals surface area contributed by atoms with Gasteiger partial charge in [-0.15, -0.1) is 0 Å². The van der Waals surface area contributed by atoms with Crippen LogP contribution in [-0.4, -0.2) is 57.8 Å². The van der Waals surface area contributed by atoms with E-state index in [4.69, 9.17) is 0 Å². The number of amides is 1. The Bertz CT molecular complexity index is 727. The van der Waals surface area contributed by atoms with Gasteiger partial charge in [-0.1, -0.05) is 19.9 Å². The van der Waals surface area contributed by atoms with Crippen molar-refractivity contribution in [1.82, 2.24) is 19.2 Å². The molecule has 0 spiro atoms. The topological polar surface area (TPSA) is 40.9 Å². The van der Waals surface area contributed by atoms with Gasteiger partial charge < -0.3 is 14.2 Å². The third kappa shape index (κ3) is 3.63. The number of hydrogen-bond donors (Lipinski definition) is 0. The minimum Gasteiger partial charge on any atom is -0.337 e. The maximum atomic E-state index is 12.9. The molecule has 1 atom stereocenters. The lowest BCUT2D eigenvalue weighted by molar-refractivity contribution is 0.0767. The Morgan fingerprint density at radius 3 is 2.65 bits per heavy atom. The fourth-order valence-corrected chi connectivity index (χ4v) is 4.68. The van der Waals surface area contributed by atoms with E-state index >= 15 is 0 Å². The number of likely N-dealkylation sites (tertiary alicyclic amines) is 2. The fourth-order valence-electron chi connectivity index (χ4n) is 4.68. The lowest BCUT2D eigenvalue weighted by Crippen LogP contribution is -2.39. The van der Waals surface area contributed by atoms with Gasteiger partial charge in [0.2, 0.25) is 0 Å². The molecule has 2 aromatic rings. The second-order valence-electron chi connectivity index (χ2n) is 8.42. The molecule has 5 heteroatoms. The van der Waals surface area contributed by atoms with Gasteiger partial charge in [-0.3, -0.25) is 4.79 Å². The summed E-state index contributed by atoms with van der Waals surface area (Å²) < 4.78 is 1.92. The van der Waals surface area contributed by atoms with Crippen molar-refractivity contribution in [2.24, 2.45) is 17.8 Å². The first-order valence-electron chi connectivity index (χ1n) is 10.1. The van der Waals surface area contributed by atoms with E-state index in [2.05, 4.69) is 23.7 Å². The number of piperidine rings is 1. The highest BCUT2D eigenvalue weighted by atomic mass is 16.2. The predicted molar refractivity (Wildman–Crippen MR) is 103 cm³/mol. The number of nitrogens with zero attached hydrogens (tertiary/aromatic N) is 4. The predicted octanol–water partition coefficient (Wildman–Crippen LogP) is 3.16. The Morgan fingerprint density at radius 1 is 1.15 bits per heavy atom. The van der Waals surface area contributed by atoms with E-state index in [1.165, 1.54) is 32.5 Å². The summed E-state index contributed by atoms with van der Waals surface area (Å²) in [7, 11) is 0. The van der Waals surface area contributed by atoms with Crippen molar-refractivity contribution in [3.05, 3.63) is 36.3 Å². The second-order valence-corrected chi connectivity index (χ2v) is 8.42. The van der Waals surface area contributed by atoms with E-state index in [1.54, 1.807) is 0 Å². The molecule has 5 nitrogen and oxygen atoms in total. The van der Waals surface area contributed by atoms with E-state index < -0.39 is 0 Å². The Hall–Kier alpha value is -1.88. The molecule has 2 aliphatic rings. The lowest BCUT2D eigenvalue weighted by Gasteiger charge is -2.35. The van der Waals surface area contributed by atoms with Gasteiger partial charge in [0.25, 0.3) is 5.91 Å². The Kier molecular flexibility index (Phi) is 4.98. The molecule has 1 amide bonds. The highest BCUT2D eigenvalue weighted by Crippen LogP contribution is 2.32. The van der Waals surface area contributed by atoms with E-state index in [0.717, 1.165) is 37.0 Å². The molecule has 0 unspecified atom stereocenters. The van der Waals surface area contributed by atoms with Crippen LogP contribution in [0.25, 0.3) is 5.65 Å². The summed E-state index contributed by atoms with van der Waals surface area (Å²) in [5.41, 5.74) is 1.41. The van der Waals surface area contributed by atoms with Crippen LogP contribution in [0.2, 0.25) is 0 Å². The molecule has 0 aliphatic carbocycles. The highest BCUT2D eigenvalue weighted by molar-refractivity contribution is 5.93. The molecule has 0 radical (unpaired) electrons. The number of hydrogen-bond acceptors (Lipinski definition) is 3. The molecule has 0 aromatic carbocycles. The highest BCUT2D eigenvalue weighted by Gasteiger charge is 2.34. The van der Waals surface area contributed by atoms with Gasteiger partial charge in [0.1, 0.15) is 11.3 Å². The first-order chi connectivity index (χ1) is 12.6. The molecular formula is C21H30N4O. The minimum atomic E-state index is 0.0912.